The van der Waals surface area contributed by atoms with Crippen LogP contribution in [0.5, 0.6) is 17.5 Å². The summed E-state index contributed by atoms with van der Waals surface area (Å²) < 4.78 is 19.9. The second-order valence-electron chi connectivity index (χ2n) is 9.05. The minimum absolute atomic E-state index is 0. The maximum Gasteiger partial charge on any atom is 2.00 e. The first-order valence-electron chi connectivity index (χ1n) is 12.5. The Morgan fingerprint density at radius 2 is 1.24 bits per heavy atom. The summed E-state index contributed by atoms with van der Waals surface area (Å²) in [6.07, 6.45) is 4.58. The first-order chi connectivity index (χ1) is 19.0. The van der Waals surface area contributed by atoms with Crippen LogP contribution in [0, 0.1) is 14.9 Å². The first kappa shape index (κ1) is 48.9. The molecule has 0 aliphatic rings. The molecule has 0 saturated carbocycles. The smallest absolute Gasteiger partial charge is 0.497 e. The molecule has 0 bridgehead atoms. The fourth-order valence-electron chi connectivity index (χ4n) is 3.37. The van der Waals surface area contributed by atoms with E-state index in [-0.39, 0.29) is 50.1 Å². The number of carbonyl (C=O) groups is 1. The Hall–Kier alpha value is -2.94. The van der Waals surface area contributed by atoms with Crippen LogP contribution in [0.2, 0.25) is 0 Å². The van der Waals surface area contributed by atoms with Gasteiger partial charge in [-0.3, -0.25) is 4.79 Å². The summed E-state index contributed by atoms with van der Waals surface area (Å²) in [5.41, 5.74) is 2.09. The van der Waals surface area contributed by atoms with Crippen molar-refractivity contribution >= 4 is 34.8 Å². The van der Waals surface area contributed by atoms with Crippen LogP contribution in [0.4, 0.5) is 0 Å². The second-order valence-corrected chi connectivity index (χ2v) is 9.76. The van der Waals surface area contributed by atoms with Gasteiger partial charge in [0.1, 0.15) is 17.9 Å². The van der Waals surface area contributed by atoms with Crippen LogP contribution in [0.3, 0.4) is 0 Å². The van der Waals surface area contributed by atoms with Gasteiger partial charge >= 0.3 is 27.5 Å². The van der Waals surface area contributed by atoms with Crippen molar-refractivity contribution in [1.29, 1.82) is 0 Å². The second kappa shape index (κ2) is 24.3. The molecule has 0 aliphatic heterocycles. The topological polar surface area (TPSA) is 121 Å². The van der Waals surface area contributed by atoms with E-state index in [0.717, 1.165) is 22.4 Å². The number of methoxy groups -OCH3 is 3. The van der Waals surface area contributed by atoms with Crippen molar-refractivity contribution in [3.8, 4) is 28.9 Å². The van der Waals surface area contributed by atoms with Crippen molar-refractivity contribution < 1.29 is 49.5 Å². The van der Waals surface area contributed by atoms with Crippen molar-refractivity contribution in [3.63, 3.8) is 0 Å². The number of aldehydes is 1. The van der Waals surface area contributed by atoms with Crippen LogP contribution in [-0.4, -0.2) is 63.9 Å². The molecule has 13 heteroatoms. The molecule has 0 spiro atoms. The normalized spacial score (nSPS) is 9.16. The average molecular weight is 784 g/mol. The molecule has 0 amide bonds. The minimum atomic E-state index is -1.40. The molecule has 0 unspecified atom stereocenters. The van der Waals surface area contributed by atoms with Gasteiger partial charge < -0.3 is 48.2 Å². The molecule has 2 aromatic heterocycles. The largest absolute Gasteiger partial charge is 2.00 e. The molecule has 0 atom stereocenters. The Morgan fingerprint density at radius 3 is 1.60 bits per heavy atom. The number of aromatic nitrogens is 4. The maximum absolute atomic E-state index is 10.6. The van der Waals surface area contributed by atoms with Crippen LogP contribution < -0.4 is 19.7 Å². The average Bonchev–Trinajstić information content (AvgIpc) is 3.57. The predicted octanol–water partition coefficient (Wildman–Crippen LogP) is 6.73. The fourth-order valence-corrected chi connectivity index (χ4v) is 4.06. The van der Waals surface area contributed by atoms with E-state index in [4.69, 9.17) is 24.3 Å². The van der Waals surface area contributed by atoms with E-state index >= 15 is 0 Å². The molecular weight excluding hydrogens is 734 g/mol. The van der Waals surface area contributed by atoms with Gasteiger partial charge in [-0.1, -0.05) is 51.3 Å². The molecule has 254 valence electrons. The monoisotopic (exact) mass is 782 g/mol. The maximum atomic E-state index is 10.6. The van der Waals surface area contributed by atoms with Crippen LogP contribution in [0.15, 0.2) is 65.7 Å². The molecule has 0 saturated heterocycles. The quantitative estimate of drug-likeness (QED) is 0.115. The summed E-state index contributed by atoms with van der Waals surface area (Å²) in [7, 11) is 3.37. The van der Waals surface area contributed by atoms with E-state index in [1.165, 1.54) is 0 Å². The van der Waals surface area contributed by atoms with Crippen LogP contribution >= 0.6 is 15.9 Å². The zero-order valence-corrected chi connectivity index (χ0v) is 29.2. The van der Waals surface area contributed by atoms with E-state index in [1.54, 1.807) is 57.7 Å². The number of carbonyl (C=O) groups excluding carboxylic acids is 1. The van der Waals surface area contributed by atoms with Crippen molar-refractivity contribution in [2.45, 2.75) is 54.6 Å². The molecule has 2 N–H and O–H groups in total. The molecule has 4 rings (SSSR count). The van der Waals surface area contributed by atoms with Crippen molar-refractivity contribution in [2.24, 2.45) is 0 Å². The summed E-state index contributed by atoms with van der Waals surface area (Å²) in [6.45, 7) is 8.35. The van der Waals surface area contributed by atoms with Gasteiger partial charge in [-0.2, -0.15) is 9.97 Å². The molecule has 0 fully saturated rings. The Kier molecular flexibility index (Phi) is 26.4. The minimum Gasteiger partial charge on any atom is -0.497 e. The molecule has 2 aromatic carbocycles. The van der Waals surface area contributed by atoms with Crippen LogP contribution in [0.1, 0.15) is 65.0 Å². The van der Waals surface area contributed by atoms with Gasteiger partial charge in [0.25, 0.3) is 0 Å². The number of imidazole rings is 2. The van der Waals surface area contributed by atoms with Gasteiger partial charge in [0, 0.05) is 23.2 Å². The summed E-state index contributed by atoms with van der Waals surface area (Å²) in [5.74, 6) is 2.79. The summed E-state index contributed by atoms with van der Waals surface area (Å²) >= 11 is 3.33. The zero-order valence-electron chi connectivity index (χ0n) is 26.1. The number of hydrogen-bond acceptors (Lipinski definition) is 8. The number of ether oxygens (including phenoxy) is 3. The molecule has 2 heterocycles. The van der Waals surface area contributed by atoms with E-state index in [2.05, 4.69) is 58.2 Å². The Labute approximate surface area is 293 Å². The van der Waals surface area contributed by atoms with Crippen LogP contribution in [-0.2, 0) is 20.4 Å². The van der Waals surface area contributed by atoms with E-state index < -0.39 is 7.12 Å². The van der Waals surface area contributed by atoms with Crippen molar-refractivity contribution in [3.05, 3.63) is 86.1 Å². The zero-order chi connectivity index (χ0) is 29.8. The molecule has 45 heavy (non-hydrogen) atoms. The molecule has 4 aromatic rings. The standard InChI is InChI=1S/C14H16N2O2.C7H9BO3.C7H11BrN2O.2CH4.2CH3.Pd/c1-10(2)16-8-13(18-3)15-14(16)12-6-4-11(9-17)5-7-12;1-11-7-4-2-6(3-5-7)8(9)10;1-5(2)10-4-6(11-3)9-7(10)8;;;;;/h4-10H,1-3H3;2-5,9-10H,1H3;4-5H,1-3H3;2*1H4;2*1H3;/q;;;;;2*-1;+2. The third-order valence-corrected chi connectivity index (χ3v) is 6.21. The summed E-state index contributed by atoms with van der Waals surface area (Å²) in [4.78, 5) is 19.2. The van der Waals surface area contributed by atoms with Gasteiger partial charge in [0.05, 0.1) is 33.7 Å². The van der Waals surface area contributed by atoms with E-state index in [1.807, 2.05) is 29.1 Å². The number of rotatable bonds is 8. The molecule has 0 radical (unpaired) electrons. The molecule has 10 nitrogen and oxygen atoms in total. The van der Waals surface area contributed by atoms with Crippen LogP contribution in [0.25, 0.3) is 11.4 Å². The van der Waals surface area contributed by atoms with Gasteiger partial charge in [0.15, 0.2) is 4.73 Å². The summed E-state index contributed by atoms with van der Waals surface area (Å²) in [6, 6.07) is 14.6. The van der Waals surface area contributed by atoms with Gasteiger partial charge in [-0.25, -0.2) is 0 Å². The van der Waals surface area contributed by atoms with Crippen molar-refractivity contribution in [1.82, 2.24) is 19.1 Å². The Balaban J connectivity index is -0.000000277. The van der Waals surface area contributed by atoms with E-state index in [9.17, 15) is 4.79 Å². The SMILES string of the molecule is C.C.COc1ccc(B(O)O)cc1.COc1cn(C(C)C)c(-c2ccc(C=O)cc2)n1.COc1cn(C(C)C)c(Br)n1.[CH3-].[CH3-].[Pd+2]. The fraction of sp³-hybridized carbons (Fsp3) is 0.344. The third-order valence-electron chi connectivity index (χ3n) is 5.63. The van der Waals surface area contributed by atoms with E-state index in [0.29, 0.717) is 40.6 Å². The van der Waals surface area contributed by atoms with Gasteiger partial charge in [0.2, 0.25) is 11.8 Å². The number of hydrogen-bond donors (Lipinski definition) is 2. The number of benzene rings is 2. The van der Waals surface area contributed by atoms with Crippen molar-refractivity contribution in [2.75, 3.05) is 21.3 Å². The number of nitrogens with zero attached hydrogens (tertiary/aromatic N) is 4. The molecular formula is C32H50BBrN4O6Pd. The first-order valence-corrected chi connectivity index (χ1v) is 13.3. The predicted molar refractivity (Wildman–Crippen MR) is 186 cm³/mol. The third kappa shape index (κ3) is 14.8. The summed E-state index contributed by atoms with van der Waals surface area (Å²) in [5, 5.41) is 17.4. The number of halogens is 1. The van der Waals surface area contributed by atoms with Gasteiger partial charge in [-0.05, 0) is 61.2 Å². The Morgan fingerprint density at radius 1 is 0.778 bits per heavy atom. The molecule has 0 aliphatic carbocycles. The van der Waals surface area contributed by atoms with Gasteiger partial charge in [-0.15, -0.1) is 0 Å². The Bertz CT molecular complexity index is 1330.